The molecule has 2 N–H and O–H groups in total. The monoisotopic (exact) mass is 397 g/mol. The van der Waals surface area contributed by atoms with E-state index in [4.69, 9.17) is 5.11 Å². The number of nitrogens with one attached hydrogen (secondary N) is 1. The Morgan fingerprint density at radius 1 is 1.17 bits per heavy atom. The molecule has 0 saturated carbocycles. The number of para-hydroxylation sites is 1. The molecule has 2 aromatic carbocycles. The number of aliphatic hydroxyl groups is 1. The molecule has 0 aromatic heterocycles. The van der Waals surface area contributed by atoms with Gasteiger partial charge < -0.3 is 15.2 Å². The fourth-order valence-corrected chi connectivity index (χ4v) is 2.86. The number of aliphatic hydroxyl groups excluding tert-OH is 1. The second kappa shape index (κ2) is 10.4. The van der Waals surface area contributed by atoms with E-state index in [1.165, 1.54) is 5.01 Å². The highest BCUT2D eigenvalue weighted by Crippen LogP contribution is 2.30. The molecule has 0 bridgehead atoms. The van der Waals surface area contributed by atoms with E-state index in [2.05, 4.69) is 15.2 Å². The van der Waals surface area contributed by atoms with Gasteiger partial charge in [-0.05, 0) is 29.8 Å². The van der Waals surface area contributed by atoms with Crippen LogP contribution in [-0.2, 0) is 9.59 Å². The number of rotatable bonds is 6. The molecule has 7 nitrogen and oxygen atoms in total. The number of benzene rings is 2. The van der Waals surface area contributed by atoms with E-state index in [9.17, 15) is 9.59 Å². The fraction of sp³-hybridized carbons (Fsp3) is 0.318. The minimum absolute atomic E-state index is 0.0397. The van der Waals surface area contributed by atoms with Gasteiger partial charge in [0.15, 0.2) is 0 Å². The Kier molecular flexibility index (Phi) is 7.91. The van der Waals surface area contributed by atoms with Crippen LogP contribution in [0.15, 0.2) is 59.7 Å². The zero-order valence-electron chi connectivity index (χ0n) is 17.0. The quantitative estimate of drug-likeness (QED) is 0.732. The Hall–Kier alpha value is -3.19. The van der Waals surface area contributed by atoms with Gasteiger partial charge in [0, 0.05) is 19.2 Å². The van der Waals surface area contributed by atoms with E-state index >= 15 is 0 Å². The lowest BCUT2D eigenvalue weighted by Crippen LogP contribution is -2.45. The molecular weight excluding hydrogens is 370 g/mol. The standard InChI is InChI=1S/C15H21N3O2.C7H6O2/c1-15(2)10-13(17-18(8-9-19)14(15)20)11-4-6-12(16-3)7-5-11;8-6-9-7-4-2-1-3-5-7/h4-7,16,19H,8-10H2,1-3H3;1-6H. The van der Waals surface area contributed by atoms with Crippen molar-refractivity contribution in [3.05, 3.63) is 60.2 Å². The lowest BCUT2D eigenvalue weighted by atomic mass is 9.83. The molecule has 0 unspecified atom stereocenters. The number of β-amino-alcohol motifs (C(OH)–C–C–N with tert-alkyl or cyclic N) is 1. The molecule has 7 heteroatoms. The summed E-state index contributed by atoms with van der Waals surface area (Å²) in [6.45, 7) is 4.39. The van der Waals surface area contributed by atoms with Crippen LogP contribution >= 0.6 is 0 Å². The van der Waals surface area contributed by atoms with Crippen LogP contribution in [0.25, 0.3) is 0 Å². The van der Waals surface area contributed by atoms with Crippen molar-refractivity contribution in [3.8, 4) is 5.75 Å². The number of hydrazone groups is 1. The number of nitrogens with zero attached hydrogens (tertiary/aromatic N) is 2. The molecule has 0 aliphatic carbocycles. The summed E-state index contributed by atoms with van der Waals surface area (Å²) >= 11 is 0. The Balaban J connectivity index is 0.000000278. The summed E-state index contributed by atoms with van der Waals surface area (Å²) in [5, 5.41) is 17.9. The lowest BCUT2D eigenvalue weighted by Gasteiger charge is -2.34. The predicted molar refractivity (Wildman–Crippen MR) is 113 cm³/mol. The molecule has 0 atom stereocenters. The smallest absolute Gasteiger partial charge is 0.298 e. The molecular formula is C22H27N3O4. The molecule has 154 valence electrons. The van der Waals surface area contributed by atoms with Gasteiger partial charge in [-0.2, -0.15) is 5.10 Å². The van der Waals surface area contributed by atoms with Crippen LogP contribution in [0.2, 0.25) is 0 Å². The van der Waals surface area contributed by atoms with Crippen molar-refractivity contribution in [1.29, 1.82) is 0 Å². The van der Waals surface area contributed by atoms with Gasteiger partial charge in [0.05, 0.1) is 24.3 Å². The van der Waals surface area contributed by atoms with Gasteiger partial charge in [0.2, 0.25) is 5.91 Å². The maximum atomic E-state index is 12.2. The van der Waals surface area contributed by atoms with Crippen molar-refractivity contribution in [2.75, 3.05) is 25.5 Å². The minimum Gasteiger partial charge on any atom is -0.429 e. The van der Waals surface area contributed by atoms with E-state index in [0.29, 0.717) is 18.6 Å². The van der Waals surface area contributed by atoms with Crippen molar-refractivity contribution in [3.63, 3.8) is 0 Å². The number of carbonyl (C=O) groups is 2. The Morgan fingerprint density at radius 2 is 1.83 bits per heavy atom. The highest BCUT2D eigenvalue weighted by molar-refractivity contribution is 6.06. The third-order valence-corrected chi connectivity index (χ3v) is 4.41. The summed E-state index contributed by atoms with van der Waals surface area (Å²) in [6.07, 6.45) is 0.604. The summed E-state index contributed by atoms with van der Waals surface area (Å²) in [5.41, 5.74) is 2.43. The molecule has 3 rings (SSSR count). The van der Waals surface area contributed by atoms with Crippen LogP contribution in [-0.4, -0.2) is 48.4 Å². The summed E-state index contributed by atoms with van der Waals surface area (Å²) in [4.78, 5) is 22.0. The summed E-state index contributed by atoms with van der Waals surface area (Å²) in [6, 6.07) is 16.9. The first-order chi connectivity index (χ1) is 13.9. The zero-order valence-corrected chi connectivity index (χ0v) is 17.0. The molecule has 29 heavy (non-hydrogen) atoms. The summed E-state index contributed by atoms with van der Waals surface area (Å²) < 4.78 is 4.53. The van der Waals surface area contributed by atoms with Crippen molar-refractivity contribution >= 4 is 23.8 Å². The molecule has 0 spiro atoms. The van der Waals surface area contributed by atoms with Crippen LogP contribution < -0.4 is 10.1 Å². The maximum absolute atomic E-state index is 12.2. The number of anilines is 1. The fourth-order valence-electron chi connectivity index (χ4n) is 2.86. The molecule has 2 aromatic rings. The Morgan fingerprint density at radius 3 is 2.38 bits per heavy atom. The van der Waals surface area contributed by atoms with Gasteiger partial charge in [0.25, 0.3) is 6.47 Å². The van der Waals surface area contributed by atoms with Crippen LogP contribution in [0.1, 0.15) is 25.8 Å². The van der Waals surface area contributed by atoms with Crippen molar-refractivity contribution in [2.24, 2.45) is 10.5 Å². The van der Waals surface area contributed by atoms with Crippen LogP contribution in [0.4, 0.5) is 5.69 Å². The van der Waals surface area contributed by atoms with E-state index in [1.54, 1.807) is 24.3 Å². The number of carbonyl (C=O) groups excluding carboxylic acids is 2. The average molecular weight is 397 g/mol. The van der Waals surface area contributed by atoms with Gasteiger partial charge in [-0.15, -0.1) is 0 Å². The highest BCUT2D eigenvalue weighted by Gasteiger charge is 2.37. The topological polar surface area (TPSA) is 91.2 Å². The van der Waals surface area contributed by atoms with Crippen molar-refractivity contribution in [2.45, 2.75) is 20.3 Å². The molecule has 0 fully saturated rings. The van der Waals surface area contributed by atoms with Crippen molar-refractivity contribution in [1.82, 2.24) is 5.01 Å². The lowest BCUT2D eigenvalue weighted by molar-refractivity contribution is -0.141. The number of hydrogen-bond acceptors (Lipinski definition) is 6. The van der Waals surface area contributed by atoms with Crippen molar-refractivity contribution < 1.29 is 19.4 Å². The molecule has 1 amide bonds. The first-order valence-electron chi connectivity index (χ1n) is 9.35. The SMILES string of the molecule is CNc1ccc(C2=NN(CCO)C(=O)C(C)(C)C2)cc1.O=COc1ccccc1. The van der Waals surface area contributed by atoms with E-state index in [1.807, 2.05) is 51.2 Å². The number of ether oxygens (including phenoxy) is 1. The summed E-state index contributed by atoms with van der Waals surface area (Å²) in [7, 11) is 1.87. The third-order valence-electron chi connectivity index (χ3n) is 4.41. The first-order valence-corrected chi connectivity index (χ1v) is 9.35. The van der Waals surface area contributed by atoms with Gasteiger partial charge >= 0.3 is 0 Å². The molecule has 0 saturated heterocycles. The Bertz CT molecular complexity index is 833. The molecule has 1 heterocycles. The number of amides is 1. The van der Waals surface area contributed by atoms with Crippen LogP contribution in [0.5, 0.6) is 5.75 Å². The molecule has 1 aliphatic heterocycles. The van der Waals surface area contributed by atoms with Gasteiger partial charge in [-0.3, -0.25) is 9.59 Å². The largest absolute Gasteiger partial charge is 0.429 e. The second-order valence-electron chi connectivity index (χ2n) is 7.11. The van der Waals surface area contributed by atoms with Gasteiger partial charge in [-0.25, -0.2) is 5.01 Å². The summed E-state index contributed by atoms with van der Waals surface area (Å²) in [5.74, 6) is 0.537. The predicted octanol–water partition coefficient (Wildman–Crippen LogP) is 2.91. The normalized spacial score (nSPS) is 15.0. The highest BCUT2D eigenvalue weighted by atomic mass is 16.5. The maximum Gasteiger partial charge on any atom is 0.298 e. The van der Waals surface area contributed by atoms with E-state index in [-0.39, 0.29) is 19.1 Å². The first kappa shape index (κ1) is 22.1. The van der Waals surface area contributed by atoms with Crippen LogP contribution in [0, 0.1) is 5.41 Å². The van der Waals surface area contributed by atoms with Crippen LogP contribution in [0.3, 0.4) is 0 Å². The molecule has 0 radical (unpaired) electrons. The third kappa shape index (κ3) is 6.15. The van der Waals surface area contributed by atoms with E-state index < -0.39 is 5.41 Å². The van der Waals surface area contributed by atoms with Gasteiger partial charge in [0.1, 0.15) is 5.75 Å². The van der Waals surface area contributed by atoms with Gasteiger partial charge in [-0.1, -0.05) is 44.2 Å². The Labute approximate surface area is 171 Å². The zero-order chi connectivity index (χ0) is 21.3. The average Bonchev–Trinajstić information content (AvgIpc) is 2.73. The minimum atomic E-state index is -0.492. The molecule has 1 aliphatic rings. The van der Waals surface area contributed by atoms with E-state index in [0.717, 1.165) is 17.0 Å². The second-order valence-corrected chi connectivity index (χ2v) is 7.11. The number of hydrogen-bond donors (Lipinski definition) is 2.